The number of carbonyl (C=O) groups is 1. The van der Waals surface area contributed by atoms with Gasteiger partial charge in [0.05, 0.1) is 5.02 Å². The predicted octanol–water partition coefficient (Wildman–Crippen LogP) is 7.04. The summed E-state index contributed by atoms with van der Waals surface area (Å²) in [7, 11) is 0. The largest absolute Gasteiger partial charge is 0.348 e. The Hall–Kier alpha value is -2.30. The number of aromatic nitrogens is 2. The zero-order valence-corrected chi connectivity index (χ0v) is 19.9. The maximum atomic E-state index is 13.0. The van der Waals surface area contributed by atoms with Crippen molar-refractivity contribution in [1.82, 2.24) is 14.9 Å². The predicted molar refractivity (Wildman–Crippen MR) is 129 cm³/mol. The fourth-order valence-corrected chi connectivity index (χ4v) is 3.74. The van der Waals surface area contributed by atoms with Crippen LogP contribution in [0.2, 0.25) is 10.0 Å². The summed E-state index contributed by atoms with van der Waals surface area (Å²) in [6, 6.07) is 14.9. The number of benzene rings is 2. The highest BCUT2D eigenvalue weighted by atomic mass is 35.5. The van der Waals surface area contributed by atoms with E-state index < -0.39 is 0 Å². The van der Waals surface area contributed by atoms with Crippen LogP contribution in [0.4, 0.5) is 0 Å². The number of nitrogens with zero attached hydrogens (tertiary/aromatic N) is 2. The number of carbonyl (C=O) groups excluding carboxylic acids is 1. The van der Waals surface area contributed by atoms with Crippen molar-refractivity contribution >= 4 is 29.1 Å². The number of nitrogens with one attached hydrogen (secondary N) is 1. The summed E-state index contributed by atoms with van der Waals surface area (Å²) in [5, 5.41) is 4.34. The number of hydrogen-bond acceptors (Lipinski definition) is 2. The molecule has 4 nitrogen and oxygen atoms in total. The average molecular weight is 458 g/mol. The highest BCUT2D eigenvalue weighted by molar-refractivity contribution is 6.33. The van der Waals surface area contributed by atoms with E-state index in [1.165, 1.54) is 0 Å². The highest BCUT2D eigenvalue weighted by Crippen LogP contribution is 2.29. The average Bonchev–Trinajstić information content (AvgIpc) is 3.18. The molecule has 2 atom stereocenters. The van der Waals surface area contributed by atoms with Gasteiger partial charge in [0.15, 0.2) is 0 Å². The molecular weight excluding hydrogens is 429 g/mol. The molecular formula is C25H29Cl2N3O. The lowest BCUT2D eigenvalue weighted by Crippen LogP contribution is -2.37. The molecule has 0 saturated heterocycles. The Morgan fingerprint density at radius 3 is 2.32 bits per heavy atom. The molecule has 1 amide bonds. The molecule has 1 N–H and O–H groups in total. The molecule has 0 bridgehead atoms. The Labute approximate surface area is 194 Å². The Morgan fingerprint density at radius 2 is 1.68 bits per heavy atom. The fraction of sp³-hybridized carbons (Fsp3) is 0.360. The molecule has 6 heteroatoms. The van der Waals surface area contributed by atoms with Crippen molar-refractivity contribution in [3.63, 3.8) is 0 Å². The quantitative estimate of drug-likeness (QED) is 0.394. The minimum atomic E-state index is -0.190. The van der Waals surface area contributed by atoms with Crippen LogP contribution in [-0.2, 0) is 0 Å². The second-order valence-corrected chi connectivity index (χ2v) is 9.33. The van der Waals surface area contributed by atoms with E-state index in [-0.39, 0.29) is 11.9 Å². The Bertz CT molecular complexity index is 1030. The molecule has 1 aromatic heterocycles. The van der Waals surface area contributed by atoms with Crippen LogP contribution in [-0.4, -0.2) is 21.5 Å². The van der Waals surface area contributed by atoms with Crippen molar-refractivity contribution in [2.24, 2.45) is 11.8 Å². The van der Waals surface area contributed by atoms with Crippen LogP contribution in [0.25, 0.3) is 17.1 Å². The zero-order valence-electron chi connectivity index (χ0n) is 18.4. The van der Waals surface area contributed by atoms with E-state index in [0.717, 1.165) is 24.1 Å². The van der Waals surface area contributed by atoms with E-state index >= 15 is 0 Å². The van der Waals surface area contributed by atoms with Gasteiger partial charge in [-0.05, 0) is 61.6 Å². The maximum Gasteiger partial charge on any atom is 0.271 e. The van der Waals surface area contributed by atoms with E-state index in [0.29, 0.717) is 33.4 Å². The first-order valence-corrected chi connectivity index (χ1v) is 11.4. The summed E-state index contributed by atoms with van der Waals surface area (Å²) in [6.07, 6.45) is 3.97. The third-order valence-electron chi connectivity index (χ3n) is 5.57. The zero-order chi connectivity index (χ0) is 22.5. The van der Waals surface area contributed by atoms with Gasteiger partial charge >= 0.3 is 0 Å². The van der Waals surface area contributed by atoms with Gasteiger partial charge in [-0.3, -0.25) is 9.36 Å². The van der Waals surface area contributed by atoms with Crippen LogP contribution >= 0.6 is 23.2 Å². The van der Waals surface area contributed by atoms with Crippen LogP contribution in [0.1, 0.15) is 51.0 Å². The van der Waals surface area contributed by atoms with Crippen LogP contribution in [0.3, 0.4) is 0 Å². The van der Waals surface area contributed by atoms with Crippen molar-refractivity contribution in [2.45, 2.75) is 46.6 Å². The molecule has 1 heterocycles. The minimum absolute atomic E-state index is 0.0516. The van der Waals surface area contributed by atoms with Gasteiger partial charge in [0.2, 0.25) is 0 Å². The van der Waals surface area contributed by atoms with Crippen molar-refractivity contribution in [1.29, 1.82) is 0 Å². The Balaban J connectivity index is 1.91. The third kappa shape index (κ3) is 5.90. The van der Waals surface area contributed by atoms with E-state index in [4.69, 9.17) is 23.2 Å². The number of hydrogen-bond donors (Lipinski definition) is 1. The first-order valence-electron chi connectivity index (χ1n) is 10.7. The third-order valence-corrected chi connectivity index (χ3v) is 6.15. The SMILES string of the molecule is CC(C)CCC(C)C(C)NC(=O)c1cn(-c2ccc(Cl)cc2)c(-c2ccccc2Cl)n1. The standard InChI is InChI=1S/C25H29Cl2N3O/c1-16(2)9-10-17(3)18(4)28-25(31)23-15-30(20-13-11-19(26)12-14-20)24(29-23)21-7-5-6-8-22(21)27/h5-8,11-18H,9-10H2,1-4H3,(H,28,31). The van der Waals surface area contributed by atoms with Crippen molar-refractivity contribution in [3.05, 3.63) is 70.5 Å². The number of rotatable bonds is 8. The number of amides is 1. The Kier molecular flexibility index (Phi) is 7.79. The molecule has 31 heavy (non-hydrogen) atoms. The molecule has 2 aromatic carbocycles. The molecule has 0 aliphatic rings. The summed E-state index contributed by atoms with van der Waals surface area (Å²) >= 11 is 12.5. The van der Waals surface area contributed by atoms with Crippen LogP contribution in [0.5, 0.6) is 0 Å². The lowest BCUT2D eigenvalue weighted by atomic mass is 9.94. The summed E-state index contributed by atoms with van der Waals surface area (Å²) in [5.74, 6) is 1.45. The summed E-state index contributed by atoms with van der Waals surface area (Å²) in [6.45, 7) is 8.66. The smallest absolute Gasteiger partial charge is 0.271 e. The first-order chi connectivity index (χ1) is 14.8. The van der Waals surface area contributed by atoms with Gasteiger partial charge in [0.25, 0.3) is 5.91 Å². The van der Waals surface area contributed by atoms with Gasteiger partial charge in [-0.25, -0.2) is 4.98 Å². The molecule has 2 unspecified atom stereocenters. The van der Waals surface area contributed by atoms with E-state index in [1.54, 1.807) is 6.20 Å². The van der Waals surface area contributed by atoms with Gasteiger partial charge in [0.1, 0.15) is 11.5 Å². The molecule has 164 valence electrons. The highest BCUT2D eigenvalue weighted by Gasteiger charge is 2.21. The molecule has 3 rings (SSSR count). The first kappa shape index (κ1) is 23.4. The van der Waals surface area contributed by atoms with E-state index in [9.17, 15) is 4.79 Å². The lowest BCUT2D eigenvalue weighted by Gasteiger charge is -2.21. The van der Waals surface area contributed by atoms with Crippen LogP contribution in [0.15, 0.2) is 54.7 Å². The maximum absolute atomic E-state index is 13.0. The lowest BCUT2D eigenvalue weighted by molar-refractivity contribution is 0.0922. The molecule has 0 radical (unpaired) electrons. The molecule has 0 aliphatic heterocycles. The molecule has 0 fully saturated rings. The van der Waals surface area contributed by atoms with Crippen LogP contribution < -0.4 is 5.32 Å². The Morgan fingerprint density at radius 1 is 1.00 bits per heavy atom. The molecule has 0 aliphatic carbocycles. The van der Waals surface area contributed by atoms with Crippen molar-refractivity contribution < 1.29 is 4.79 Å². The van der Waals surface area contributed by atoms with Gasteiger partial charge in [-0.2, -0.15) is 0 Å². The molecule has 3 aromatic rings. The van der Waals surface area contributed by atoms with E-state index in [2.05, 4.69) is 31.1 Å². The number of halogens is 2. The summed E-state index contributed by atoms with van der Waals surface area (Å²) in [5.41, 5.74) is 1.97. The summed E-state index contributed by atoms with van der Waals surface area (Å²) in [4.78, 5) is 17.7. The van der Waals surface area contributed by atoms with Gasteiger partial charge in [-0.1, -0.05) is 62.5 Å². The van der Waals surface area contributed by atoms with E-state index in [1.807, 2.05) is 60.0 Å². The number of imidazole rings is 1. The van der Waals surface area contributed by atoms with Gasteiger partial charge < -0.3 is 5.32 Å². The minimum Gasteiger partial charge on any atom is -0.348 e. The van der Waals surface area contributed by atoms with Crippen LogP contribution in [0, 0.1) is 11.8 Å². The van der Waals surface area contributed by atoms with Crippen molar-refractivity contribution in [3.8, 4) is 17.1 Å². The molecule has 0 saturated carbocycles. The van der Waals surface area contributed by atoms with Crippen molar-refractivity contribution in [2.75, 3.05) is 0 Å². The second kappa shape index (κ2) is 10.3. The normalized spacial score (nSPS) is 13.3. The van der Waals surface area contributed by atoms with Gasteiger partial charge in [0, 0.05) is 28.5 Å². The molecule has 0 spiro atoms. The fourth-order valence-electron chi connectivity index (χ4n) is 3.39. The monoisotopic (exact) mass is 457 g/mol. The summed E-state index contributed by atoms with van der Waals surface area (Å²) < 4.78 is 1.87. The topological polar surface area (TPSA) is 46.9 Å². The van der Waals surface area contributed by atoms with Gasteiger partial charge in [-0.15, -0.1) is 0 Å². The second-order valence-electron chi connectivity index (χ2n) is 8.49.